The molecule has 4 heterocycles. The lowest BCUT2D eigenvalue weighted by molar-refractivity contribution is -0.138. The third kappa shape index (κ3) is 2.48. The van der Waals surface area contributed by atoms with Gasteiger partial charge in [-0.05, 0) is 19.8 Å². The Balaban J connectivity index is 1.44. The Kier molecular flexibility index (Phi) is 3.79. The van der Waals surface area contributed by atoms with Gasteiger partial charge in [0, 0.05) is 32.7 Å². The Labute approximate surface area is 139 Å². The van der Waals surface area contributed by atoms with Crippen molar-refractivity contribution in [3.63, 3.8) is 0 Å². The van der Waals surface area contributed by atoms with Gasteiger partial charge in [0.1, 0.15) is 6.33 Å². The quantitative estimate of drug-likeness (QED) is 0.821. The number of aliphatic hydroxyl groups excluding tert-OH is 1. The van der Waals surface area contributed by atoms with Gasteiger partial charge in [-0.2, -0.15) is 0 Å². The first-order valence-corrected chi connectivity index (χ1v) is 8.43. The summed E-state index contributed by atoms with van der Waals surface area (Å²) in [4.78, 5) is 25.0. The number of hydrogen-bond donors (Lipinski definition) is 1. The molecular weight excluding hydrogens is 310 g/mol. The van der Waals surface area contributed by atoms with Crippen molar-refractivity contribution in [1.29, 1.82) is 0 Å². The first-order chi connectivity index (χ1) is 11.7. The summed E-state index contributed by atoms with van der Waals surface area (Å²) in [5.41, 5.74) is 1.41. The molecule has 0 atom stereocenters. The largest absolute Gasteiger partial charge is 0.393 e. The predicted octanol–water partition coefficient (Wildman–Crippen LogP) is -0.339. The average Bonchev–Trinajstić information content (AvgIpc) is 2.98. The second-order valence-electron chi connectivity index (χ2n) is 6.43. The molecule has 2 aliphatic heterocycles. The average molecular weight is 331 g/mol. The van der Waals surface area contributed by atoms with Crippen LogP contribution in [0.15, 0.2) is 6.33 Å². The Bertz CT molecular complexity index is 747. The molecular formula is C15H21N7O2. The molecule has 0 saturated carbocycles. The number of amides is 1. The van der Waals surface area contributed by atoms with Crippen LogP contribution < -0.4 is 4.90 Å². The smallest absolute Gasteiger partial charge is 0.229 e. The topological polar surface area (TPSA) is 100 Å². The van der Waals surface area contributed by atoms with E-state index in [-0.39, 0.29) is 17.9 Å². The molecule has 0 spiro atoms. The van der Waals surface area contributed by atoms with Crippen molar-refractivity contribution in [2.75, 3.05) is 31.1 Å². The van der Waals surface area contributed by atoms with E-state index in [9.17, 15) is 9.90 Å². The van der Waals surface area contributed by atoms with Gasteiger partial charge < -0.3 is 14.9 Å². The van der Waals surface area contributed by atoms with Crippen molar-refractivity contribution in [3.05, 3.63) is 6.33 Å². The van der Waals surface area contributed by atoms with Crippen molar-refractivity contribution in [3.8, 4) is 0 Å². The second kappa shape index (κ2) is 5.97. The van der Waals surface area contributed by atoms with Crippen LogP contribution in [0.3, 0.4) is 0 Å². The van der Waals surface area contributed by atoms with Gasteiger partial charge in [0.15, 0.2) is 17.0 Å². The van der Waals surface area contributed by atoms with E-state index in [0.29, 0.717) is 51.1 Å². The number of carbonyl (C=O) groups excluding carboxylic acids is 1. The van der Waals surface area contributed by atoms with Crippen molar-refractivity contribution in [2.45, 2.75) is 32.4 Å². The number of anilines is 1. The molecule has 9 nitrogen and oxygen atoms in total. The monoisotopic (exact) mass is 331 g/mol. The number of aliphatic hydroxyl groups is 1. The number of aryl methyl sites for hydroxylation is 1. The molecule has 2 saturated heterocycles. The van der Waals surface area contributed by atoms with Crippen LogP contribution in [0.1, 0.15) is 19.8 Å². The summed E-state index contributed by atoms with van der Waals surface area (Å²) < 4.78 is 1.74. The molecule has 2 aliphatic rings. The molecule has 9 heteroatoms. The summed E-state index contributed by atoms with van der Waals surface area (Å²) in [5.74, 6) is 0.921. The minimum Gasteiger partial charge on any atom is -0.393 e. The predicted molar refractivity (Wildman–Crippen MR) is 86.3 cm³/mol. The lowest BCUT2D eigenvalue weighted by Gasteiger charge is -2.42. The first kappa shape index (κ1) is 15.3. The summed E-state index contributed by atoms with van der Waals surface area (Å²) in [6, 6.07) is 0. The van der Waals surface area contributed by atoms with E-state index in [1.807, 2.05) is 11.8 Å². The molecule has 2 aromatic rings. The highest BCUT2D eigenvalue weighted by atomic mass is 16.3. The maximum absolute atomic E-state index is 12.5. The second-order valence-corrected chi connectivity index (χ2v) is 6.43. The van der Waals surface area contributed by atoms with E-state index in [1.165, 1.54) is 6.33 Å². The molecule has 2 aromatic heterocycles. The zero-order valence-corrected chi connectivity index (χ0v) is 13.7. The number of aromatic nitrogens is 5. The Morgan fingerprint density at radius 3 is 2.75 bits per heavy atom. The Morgan fingerprint density at radius 1 is 1.29 bits per heavy atom. The number of fused-ring (bicyclic) bond motifs is 1. The van der Waals surface area contributed by atoms with Crippen molar-refractivity contribution in [2.24, 2.45) is 5.92 Å². The van der Waals surface area contributed by atoms with Crippen LogP contribution in [0.4, 0.5) is 5.82 Å². The molecule has 0 aliphatic carbocycles. The lowest BCUT2D eigenvalue weighted by Crippen LogP contribution is -2.56. The van der Waals surface area contributed by atoms with Gasteiger partial charge in [0.2, 0.25) is 5.91 Å². The number of nitrogens with zero attached hydrogens (tertiary/aromatic N) is 7. The summed E-state index contributed by atoms with van der Waals surface area (Å²) in [6.45, 7) is 5.28. The maximum Gasteiger partial charge on any atom is 0.229 e. The minimum absolute atomic E-state index is 0.00789. The highest BCUT2D eigenvalue weighted by Crippen LogP contribution is 2.29. The zero-order chi connectivity index (χ0) is 16.7. The van der Waals surface area contributed by atoms with E-state index in [1.54, 1.807) is 4.68 Å². The molecule has 2 fully saturated rings. The Morgan fingerprint density at radius 2 is 2.04 bits per heavy atom. The normalized spacial score (nSPS) is 19.8. The zero-order valence-electron chi connectivity index (χ0n) is 13.7. The van der Waals surface area contributed by atoms with Gasteiger partial charge in [0.25, 0.3) is 0 Å². The molecule has 1 N–H and O–H groups in total. The highest BCUT2D eigenvalue weighted by Gasteiger charge is 2.38. The minimum atomic E-state index is -0.262. The number of hydrogen-bond acceptors (Lipinski definition) is 7. The molecule has 4 rings (SSSR count). The van der Waals surface area contributed by atoms with Crippen LogP contribution in [0, 0.1) is 5.92 Å². The van der Waals surface area contributed by atoms with Crippen molar-refractivity contribution in [1.82, 2.24) is 29.9 Å². The lowest BCUT2D eigenvalue weighted by atomic mass is 9.96. The van der Waals surface area contributed by atoms with Crippen LogP contribution >= 0.6 is 0 Å². The molecule has 0 bridgehead atoms. The first-order valence-electron chi connectivity index (χ1n) is 8.43. The number of carbonyl (C=O) groups is 1. The third-order valence-corrected chi connectivity index (χ3v) is 4.89. The van der Waals surface area contributed by atoms with E-state index in [2.05, 4.69) is 25.2 Å². The Hall–Kier alpha value is -2.29. The van der Waals surface area contributed by atoms with E-state index >= 15 is 0 Å². The summed E-state index contributed by atoms with van der Waals surface area (Å²) in [7, 11) is 0. The fourth-order valence-corrected chi connectivity index (χ4v) is 3.38. The van der Waals surface area contributed by atoms with Crippen LogP contribution in [-0.2, 0) is 11.3 Å². The standard InChI is InChI=1S/C15H21N7O2/c1-2-22-14-12(18-19-22)13(16-9-17-14)21-7-10(8-21)15(24)20-5-3-11(23)4-6-20/h9-11,23H,2-8H2,1H3. The van der Waals surface area contributed by atoms with Gasteiger partial charge in [-0.3, -0.25) is 4.79 Å². The molecule has 1 amide bonds. The van der Waals surface area contributed by atoms with E-state index in [0.717, 1.165) is 11.5 Å². The molecule has 128 valence electrons. The van der Waals surface area contributed by atoms with Gasteiger partial charge in [-0.1, -0.05) is 5.21 Å². The molecule has 0 unspecified atom stereocenters. The highest BCUT2D eigenvalue weighted by molar-refractivity contribution is 5.86. The van der Waals surface area contributed by atoms with E-state index < -0.39 is 0 Å². The number of piperidine rings is 1. The molecule has 0 aromatic carbocycles. The van der Waals surface area contributed by atoms with Gasteiger partial charge in [0.05, 0.1) is 12.0 Å². The van der Waals surface area contributed by atoms with Crippen molar-refractivity contribution >= 4 is 22.9 Å². The van der Waals surface area contributed by atoms with E-state index in [4.69, 9.17) is 0 Å². The van der Waals surface area contributed by atoms with Crippen LogP contribution in [0.2, 0.25) is 0 Å². The summed E-state index contributed by atoms with van der Waals surface area (Å²) in [5, 5.41) is 17.8. The van der Waals surface area contributed by atoms with Gasteiger partial charge >= 0.3 is 0 Å². The third-order valence-electron chi connectivity index (χ3n) is 4.89. The fraction of sp³-hybridized carbons (Fsp3) is 0.667. The number of likely N-dealkylation sites (tertiary alicyclic amines) is 1. The SMILES string of the molecule is CCn1nnc2c(N3CC(C(=O)N4CCC(O)CC4)C3)ncnc21. The molecule has 24 heavy (non-hydrogen) atoms. The van der Waals surface area contributed by atoms with Crippen molar-refractivity contribution < 1.29 is 9.90 Å². The summed E-state index contributed by atoms with van der Waals surface area (Å²) in [6.07, 6.45) is 2.61. The molecule has 0 radical (unpaired) electrons. The maximum atomic E-state index is 12.5. The van der Waals surface area contributed by atoms with Crippen LogP contribution in [0.25, 0.3) is 11.2 Å². The fourth-order valence-electron chi connectivity index (χ4n) is 3.38. The van der Waals surface area contributed by atoms with Crippen LogP contribution in [-0.4, -0.2) is 73.2 Å². The van der Waals surface area contributed by atoms with Gasteiger partial charge in [-0.15, -0.1) is 5.10 Å². The van der Waals surface area contributed by atoms with Gasteiger partial charge in [-0.25, -0.2) is 14.6 Å². The summed E-state index contributed by atoms with van der Waals surface area (Å²) >= 11 is 0. The number of rotatable bonds is 3. The van der Waals surface area contributed by atoms with Crippen LogP contribution in [0.5, 0.6) is 0 Å².